The number of aliphatic hydroxyl groups excluding tert-OH is 1. The summed E-state index contributed by atoms with van der Waals surface area (Å²) in [5.74, 6) is 0.292. The largest absolute Gasteiger partial charge is 0.396 e. The van der Waals surface area contributed by atoms with E-state index in [4.69, 9.17) is 9.84 Å². The molecule has 0 spiro atoms. The number of rotatable bonds is 2. The first-order valence-electron chi connectivity index (χ1n) is 3.36. The van der Waals surface area contributed by atoms with Crippen molar-refractivity contribution < 1.29 is 9.84 Å². The van der Waals surface area contributed by atoms with Crippen LogP contribution in [0.3, 0.4) is 0 Å². The summed E-state index contributed by atoms with van der Waals surface area (Å²) in [6.45, 7) is 6.32. The van der Waals surface area contributed by atoms with E-state index in [1.165, 1.54) is 0 Å². The van der Waals surface area contributed by atoms with Gasteiger partial charge in [0.1, 0.15) is 0 Å². The Bertz CT molecular complexity index is 109. The molecule has 0 unspecified atom stereocenters. The maximum absolute atomic E-state index is 8.70. The smallest absolute Gasteiger partial charge is 0.0915 e. The van der Waals surface area contributed by atoms with Crippen LogP contribution in [0, 0.1) is 5.92 Å². The van der Waals surface area contributed by atoms with Crippen LogP contribution in [-0.4, -0.2) is 23.4 Å². The van der Waals surface area contributed by atoms with E-state index in [-0.39, 0.29) is 18.3 Å². The molecule has 2 heteroatoms. The van der Waals surface area contributed by atoms with Crippen LogP contribution in [-0.2, 0) is 4.74 Å². The maximum atomic E-state index is 8.70. The van der Waals surface area contributed by atoms with E-state index in [0.29, 0.717) is 5.92 Å². The Morgan fingerprint density at radius 2 is 2.11 bits per heavy atom. The van der Waals surface area contributed by atoms with E-state index < -0.39 is 0 Å². The molecule has 0 aliphatic carbocycles. The Morgan fingerprint density at radius 3 is 2.22 bits per heavy atom. The van der Waals surface area contributed by atoms with Crippen LogP contribution in [0.1, 0.15) is 20.8 Å². The molecule has 0 aromatic carbocycles. The van der Waals surface area contributed by atoms with Crippen molar-refractivity contribution >= 4 is 0 Å². The molecule has 2 atom stereocenters. The molecule has 1 saturated heterocycles. The summed E-state index contributed by atoms with van der Waals surface area (Å²) in [5, 5.41) is 8.70. The second-order valence-electron chi connectivity index (χ2n) is 3.30. The van der Waals surface area contributed by atoms with Crippen molar-refractivity contribution in [3.63, 3.8) is 0 Å². The Labute approximate surface area is 55.8 Å². The number of epoxide rings is 1. The summed E-state index contributed by atoms with van der Waals surface area (Å²) in [6, 6.07) is 0. The molecule has 1 rings (SSSR count). The second-order valence-corrected chi connectivity index (χ2v) is 3.30. The number of hydrogen-bond acceptors (Lipinski definition) is 2. The average molecular weight is 130 g/mol. The highest BCUT2D eigenvalue weighted by Gasteiger charge is 2.50. The lowest BCUT2D eigenvalue weighted by molar-refractivity contribution is 0.203. The summed E-state index contributed by atoms with van der Waals surface area (Å²) >= 11 is 0. The molecule has 1 aliphatic rings. The van der Waals surface area contributed by atoms with Gasteiger partial charge < -0.3 is 9.84 Å². The Balaban J connectivity index is 2.33. The van der Waals surface area contributed by atoms with Crippen molar-refractivity contribution in [2.75, 3.05) is 6.61 Å². The summed E-state index contributed by atoms with van der Waals surface area (Å²) in [7, 11) is 0. The summed E-state index contributed by atoms with van der Waals surface area (Å²) < 4.78 is 5.30. The first-order valence-corrected chi connectivity index (χ1v) is 3.36. The van der Waals surface area contributed by atoms with Gasteiger partial charge in [-0.2, -0.15) is 0 Å². The molecule has 1 N–H and O–H groups in total. The molecule has 1 fully saturated rings. The van der Waals surface area contributed by atoms with Crippen molar-refractivity contribution in [2.24, 2.45) is 5.92 Å². The van der Waals surface area contributed by atoms with Gasteiger partial charge in [-0.15, -0.1) is 0 Å². The normalized spacial score (nSPS) is 34.0. The zero-order chi connectivity index (χ0) is 7.07. The molecule has 9 heavy (non-hydrogen) atoms. The van der Waals surface area contributed by atoms with Crippen LogP contribution < -0.4 is 0 Å². The van der Waals surface area contributed by atoms with Crippen molar-refractivity contribution in [1.29, 1.82) is 0 Å². The number of ether oxygens (including phenoxy) is 1. The molecular weight excluding hydrogens is 116 g/mol. The fraction of sp³-hybridized carbons (Fsp3) is 1.00. The number of hydrogen-bond donors (Lipinski definition) is 1. The third-order valence-corrected chi connectivity index (χ3v) is 1.86. The summed E-state index contributed by atoms with van der Waals surface area (Å²) in [6.07, 6.45) is 0.280. The van der Waals surface area contributed by atoms with Crippen LogP contribution in [0.15, 0.2) is 0 Å². The zero-order valence-electron chi connectivity index (χ0n) is 6.22. The van der Waals surface area contributed by atoms with E-state index in [2.05, 4.69) is 0 Å². The van der Waals surface area contributed by atoms with E-state index in [9.17, 15) is 0 Å². The van der Waals surface area contributed by atoms with Crippen molar-refractivity contribution in [1.82, 2.24) is 0 Å². The maximum Gasteiger partial charge on any atom is 0.0915 e. The molecule has 54 valence electrons. The molecule has 0 saturated carbocycles. The van der Waals surface area contributed by atoms with Crippen LogP contribution in [0.5, 0.6) is 0 Å². The monoisotopic (exact) mass is 130 g/mol. The van der Waals surface area contributed by atoms with Crippen LogP contribution in [0.4, 0.5) is 0 Å². The predicted molar refractivity (Wildman–Crippen MR) is 35.2 cm³/mol. The topological polar surface area (TPSA) is 32.8 Å². The highest BCUT2D eigenvalue weighted by Crippen LogP contribution is 2.39. The van der Waals surface area contributed by atoms with E-state index in [0.717, 1.165) is 0 Å². The predicted octanol–water partition coefficient (Wildman–Crippen LogP) is 0.792. The molecule has 0 bridgehead atoms. The standard InChI is InChI=1S/C7H14O2/c1-5(4-8)6-7(2,3)9-6/h5-6,8H,4H2,1-3H3/t5-,6-/m0/s1. The molecule has 2 nitrogen and oxygen atoms in total. The highest BCUT2D eigenvalue weighted by molar-refractivity contribution is 4.97. The lowest BCUT2D eigenvalue weighted by Crippen LogP contribution is -2.15. The van der Waals surface area contributed by atoms with Gasteiger partial charge in [0.2, 0.25) is 0 Å². The van der Waals surface area contributed by atoms with Gasteiger partial charge in [-0.3, -0.25) is 0 Å². The van der Waals surface area contributed by atoms with E-state index >= 15 is 0 Å². The first kappa shape index (κ1) is 7.03. The number of aliphatic hydroxyl groups is 1. The van der Waals surface area contributed by atoms with Crippen LogP contribution >= 0.6 is 0 Å². The van der Waals surface area contributed by atoms with E-state index in [1.54, 1.807) is 0 Å². The Hall–Kier alpha value is -0.0800. The van der Waals surface area contributed by atoms with Crippen molar-refractivity contribution in [2.45, 2.75) is 32.5 Å². The molecule has 1 aliphatic heterocycles. The van der Waals surface area contributed by atoms with Gasteiger partial charge in [-0.25, -0.2) is 0 Å². The van der Waals surface area contributed by atoms with Crippen LogP contribution in [0.25, 0.3) is 0 Å². The van der Waals surface area contributed by atoms with Gasteiger partial charge in [-0.05, 0) is 13.8 Å². The minimum atomic E-state index is 0.0299. The lowest BCUT2D eigenvalue weighted by atomic mass is 10.0. The first-order chi connectivity index (χ1) is 4.08. The third kappa shape index (κ3) is 1.25. The fourth-order valence-corrected chi connectivity index (χ4v) is 1.19. The molecule has 0 amide bonds. The summed E-state index contributed by atoms with van der Waals surface area (Å²) in [4.78, 5) is 0. The fourth-order valence-electron chi connectivity index (χ4n) is 1.19. The van der Waals surface area contributed by atoms with Gasteiger partial charge in [-0.1, -0.05) is 6.92 Å². The summed E-state index contributed by atoms with van der Waals surface area (Å²) in [5.41, 5.74) is 0.0299. The third-order valence-electron chi connectivity index (χ3n) is 1.86. The molecule has 0 aromatic heterocycles. The minimum Gasteiger partial charge on any atom is -0.396 e. The van der Waals surface area contributed by atoms with Crippen molar-refractivity contribution in [3.8, 4) is 0 Å². The van der Waals surface area contributed by atoms with Gasteiger partial charge in [0.15, 0.2) is 0 Å². The molecule has 0 aromatic rings. The van der Waals surface area contributed by atoms with Crippen molar-refractivity contribution in [3.05, 3.63) is 0 Å². The average Bonchev–Trinajstić information content (AvgIpc) is 2.38. The van der Waals surface area contributed by atoms with Gasteiger partial charge >= 0.3 is 0 Å². The van der Waals surface area contributed by atoms with Crippen LogP contribution in [0.2, 0.25) is 0 Å². The van der Waals surface area contributed by atoms with Gasteiger partial charge in [0.05, 0.1) is 11.7 Å². The van der Waals surface area contributed by atoms with E-state index in [1.807, 2.05) is 20.8 Å². The zero-order valence-corrected chi connectivity index (χ0v) is 6.22. The quantitative estimate of drug-likeness (QED) is 0.560. The molecular formula is C7H14O2. The Kier molecular flexibility index (Phi) is 1.53. The SMILES string of the molecule is C[C@@H](CO)[C@@H]1OC1(C)C. The highest BCUT2D eigenvalue weighted by atomic mass is 16.6. The molecule has 0 radical (unpaired) electrons. The Morgan fingerprint density at radius 1 is 1.67 bits per heavy atom. The lowest BCUT2D eigenvalue weighted by Gasteiger charge is -2.02. The van der Waals surface area contributed by atoms with Gasteiger partial charge in [0.25, 0.3) is 0 Å². The minimum absolute atomic E-state index is 0.0299. The molecule has 1 heterocycles. The second kappa shape index (κ2) is 1.96. The van der Waals surface area contributed by atoms with Gasteiger partial charge in [0, 0.05) is 12.5 Å².